The van der Waals surface area contributed by atoms with Crippen LogP contribution in [0.25, 0.3) is 0 Å². The number of piperidine rings is 1. The molecule has 2 nitrogen and oxygen atoms in total. The molecule has 0 radical (unpaired) electrons. The SMILES string of the molecule is C1CC(C2CC2)CC(N2CCCC3CNCC32)C1. The van der Waals surface area contributed by atoms with E-state index in [9.17, 15) is 0 Å². The van der Waals surface area contributed by atoms with Crippen molar-refractivity contribution in [2.75, 3.05) is 19.6 Å². The minimum Gasteiger partial charge on any atom is -0.315 e. The van der Waals surface area contributed by atoms with Gasteiger partial charge in [-0.15, -0.1) is 0 Å². The predicted molar refractivity (Wildman–Crippen MR) is 74.6 cm³/mol. The molecule has 4 unspecified atom stereocenters. The molecule has 0 bridgehead atoms. The molecule has 2 aliphatic heterocycles. The van der Waals surface area contributed by atoms with Gasteiger partial charge in [-0.25, -0.2) is 0 Å². The smallest absolute Gasteiger partial charge is 0.0263 e. The Hall–Kier alpha value is -0.0800. The van der Waals surface area contributed by atoms with Crippen molar-refractivity contribution >= 4 is 0 Å². The summed E-state index contributed by atoms with van der Waals surface area (Å²) < 4.78 is 0. The van der Waals surface area contributed by atoms with Gasteiger partial charge in [0.2, 0.25) is 0 Å². The lowest BCUT2D eigenvalue weighted by molar-refractivity contribution is 0.0428. The van der Waals surface area contributed by atoms with Gasteiger partial charge in [0.25, 0.3) is 0 Å². The minimum atomic E-state index is 0.890. The summed E-state index contributed by atoms with van der Waals surface area (Å²) in [7, 11) is 0. The van der Waals surface area contributed by atoms with Gasteiger partial charge in [0.1, 0.15) is 0 Å². The van der Waals surface area contributed by atoms with Crippen LogP contribution < -0.4 is 5.32 Å². The molecule has 0 amide bonds. The zero-order valence-electron chi connectivity index (χ0n) is 11.6. The number of nitrogens with one attached hydrogen (secondary N) is 1. The van der Waals surface area contributed by atoms with E-state index in [2.05, 4.69) is 10.2 Å². The van der Waals surface area contributed by atoms with Crippen molar-refractivity contribution in [3.63, 3.8) is 0 Å². The molecule has 2 heterocycles. The van der Waals surface area contributed by atoms with E-state index in [-0.39, 0.29) is 0 Å². The minimum absolute atomic E-state index is 0.890. The molecule has 0 spiro atoms. The summed E-state index contributed by atoms with van der Waals surface area (Å²) in [5.41, 5.74) is 0. The topological polar surface area (TPSA) is 15.3 Å². The second-order valence-electron chi connectivity index (χ2n) is 7.28. The van der Waals surface area contributed by atoms with Crippen molar-refractivity contribution in [2.45, 2.75) is 63.5 Å². The second-order valence-corrected chi connectivity index (χ2v) is 7.28. The van der Waals surface area contributed by atoms with E-state index < -0.39 is 0 Å². The maximum Gasteiger partial charge on any atom is 0.0263 e. The summed E-state index contributed by atoms with van der Waals surface area (Å²) in [5.74, 6) is 3.20. The van der Waals surface area contributed by atoms with Crippen LogP contribution in [0.5, 0.6) is 0 Å². The summed E-state index contributed by atoms with van der Waals surface area (Å²) in [6.45, 7) is 3.96. The van der Waals surface area contributed by atoms with E-state index in [0.29, 0.717) is 0 Å². The molecule has 102 valence electrons. The Bertz CT molecular complexity index is 299. The second kappa shape index (κ2) is 4.79. The van der Waals surface area contributed by atoms with Gasteiger partial charge in [0.05, 0.1) is 0 Å². The first kappa shape index (κ1) is 11.7. The predicted octanol–water partition coefficient (Wildman–Crippen LogP) is 2.64. The average molecular weight is 248 g/mol. The lowest BCUT2D eigenvalue weighted by atomic mass is 9.80. The van der Waals surface area contributed by atoms with Gasteiger partial charge in [0, 0.05) is 18.6 Å². The van der Waals surface area contributed by atoms with Crippen molar-refractivity contribution in [2.24, 2.45) is 17.8 Å². The van der Waals surface area contributed by atoms with E-state index in [1.54, 1.807) is 19.3 Å². The van der Waals surface area contributed by atoms with Crippen LogP contribution in [0.2, 0.25) is 0 Å². The molecule has 0 aromatic carbocycles. The summed E-state index contributed by atoms with van der Waals surface area (Å²) in [6, 6.07) is 1.83. The van der Waals surface area contributed by atoms with Crippen LogP contribution in [0, 0.1) is 17.8 Å². The van der Waals surface area contributed by atoms with Gasteiger partial charge < -0.3 is 5.32 Å². The number of likely N-dealkylation sites (tertiary alicyclic amines) is 1. The van der Waals surface area contributed by atoms with Crippen LogP contribution in [-0.2, 0) is 0 Å². The van der Waals surface area contributed by atoms with Crippen molar-refractivity contribution in [1.29, 1.82) is 0 Å². The molecular weight excluding hydrogens is 220 g/mol. The molecule has 4 fully saturated rings. The first-order valence-corrected chi connectivity index (χ1v) is 8.38. The van der Waals surface area contributed by atoms with E-state index >= 15 is 0 Å². The molecule has 4 aliphatic rings. The fourth-order valence-corrected chi connectivity index (χ4v) is 5.05. The highest BCUT2D eigenvalue weighted by Crippen LogP contribution is 2.45. The van der Waals surface area contributed by atoms with Gasteiger partial charge >= 0.3 is 0 Å². The Morgan fingerprint density at radius 1 is 0.778 bits per heavy atom. The molecule has 0 aromatic heterocycles. The van der Waals surface area contributed by atoms with Gasteiger partial charge in [-0.3, -0.25) is 4.90 Å². The highest BCUT2D eigenvalue weighted by molar-refractivity contribution is 4.97. The Balaban J connectivity index is 1.44. The van der Waals surface area contributed by atoms with Crippen molar-refractivity contribution < 1.29 is 0 Å². The molecule has 4 atom stereocenters. The van der Waals surface area contributed by atoms with Crippen molar-refractivity contribution in [3.05, 3.63) is 0 Å². The largest absolute Gasteiger partial charge is 0.315 e. The van der Waals surface area contributed by atoms with Crippen LogP contribution in [0.4, 0.5) is 0 Å². The monoisotopic (exact) mass is 248 g/mol. The standard InChI is InChI=1S/C16H28N2/c1-3-13(12-6-7-12)9-15(5-1)18-8-2-4-14-10-17-11-16(14)18/h12-17H,1-11H2. The lowest BCUT2D eigenvalue weighted by Crippen LogP contribution is -2.51. The fourth-order valence-electron chi connectivity index (χ4n) is 5.05. The van der Waals surface area contributed by atoms with E-state index in [1.165, 1.54) is 51.7 Å². The maximum atomic E-state index is 3.64. The van der Waals surface area contributed by atoms with Gasteiger partial charge in [-0.2, -0.15) is 0 Å². The van der Waals surface area contributed by atoms with Crippen LogP contribution in [0.3, 0.4) is 0 Å². The summed E-state index contributed by atoms with van der Waals surface area (Å²) >= 11 is 0. The average Bonchev–Trinajstić information content (AvgIpc) is 3.16. The summed E-state index contributed by atoms with van der Waals surface area (Å²) in [5, 5.41) is 3.64. The number of fused-ring (bicyclic) bond motifs is 1. The third-order valence-corrected chi connectivity index (χ3v) is 6.17. The van der Waals surface area contributed by atoms with Gasteiger partial charge in [-0.05, 0) is 69.4 Å². The van der Waals surface area contributed by atoms with Crippen LogP contribution in [0.1, 0.15) is 51.4 Å². The van der Waals surface area contributed by atoms with E-state index in [0.717, 1.165) is 29.8 Å². The van der Waals surface area contributed by atoms with Crippen molar-refractivity contribution in [3.8, 4) is 0 Å². The molecule has 18 heavy (non-hydrogen) atoms. The van der Waals surface area contributed by atoms with Gasteiger partial charge in [-0.1, -0.05) is 12.8 Å². The third kappa shape index (κ3) is 2.12. The summed E-state index contributed by atoms with van der Waals surface area (Å²) in [6.07, 6.45) is 12.1. The Labute approximate surface area is 111 Å². The first-order valence-electron chi connectivity index (χ1n) is 8.38. The van der Waals surface area contributed by atoms with Crippen LogP contribution in [-0.4, -0.2) is 36.6 Å². The quantitative estimate of drug-likeness (QED) is 0.808. The molecular formula is C16H28N2. The number of hydrogen-bond acceptors (Lipinski definition) is 2. The summed E-state index contributed by atoms with van der Waals surface area (Å²) in [4.78, 5) is 2.93. The zero-order valence-corrected chi connectivity index (χ0v) is 11.6. The molecule has 2 heteroatoms. The highest BCUT2D eigenvalue weighted by Gasteiger charge is 2.41. The molecule has 2 saturated carbocycles. The molecule has 4 rings (SSSR count). The molecule has 2 saturated heterocycles. The maximum absolute atomic E-state index is 3.64. The fraction of sp³-hybridized carbons (Fsp3) is 1.00. The van der Waals surface area contributed by atoms with Gasteiger partial charge in [0.15, 0.2) is 0 Å². The number of nitrogens with zero attached hydrogens (tertiary/aromatic N) is 1. The third-order valence-electron chi connectivity index (χ3n) is 6.17. The van der Waals surface area contributed by atoms with E-state index in [1.807, 2.05) is 0 Å². The Kier molecular flexibility index (Phi) is 3.12. The zero-order chi connectivity index (χ0) is 11.9. The van der Waals surface area contributed by atoms with E-state index in [4.69, 9.17) is 0 Å². The Morgan fingerprint density at radius 2 is 1.67 bits per heavy atom. The Morgan fingerprint density at radius 3 is 2.56 bits per heavy atom. The van der Waals surface area contributed by atoms with Crippen molar-refractivity contribution in [1.82, 2.24) is 10.2 Å². The lowest BCUT2D eigenvalue weighted by Gasteiger charge is -2.45. The van der Waals surface area contributed by atoms with Crippen LogP contribution >= 0.6 is 0 Å². The number of hydrogen-bond donors (Lipinski definition) is 1. The molecule has 1 N–H and O–H groups in total. The normalized spacial score (nSPS) is 46.0. The molecule has 0 aromatic rings. The molecule has 2 aliphatic carbocycles. The highest BCUT2D eigenvalue weighted by atomic mass is 15.2. The first-order chi connectivity index (χ1) is 8.92. The van der Waals surface area contributed by atoms with Crippen LogP contribution in [0.15, 0.2) is 0 Å². The number of rotatable bonds is 2.